The van der Waals surface area contributed by atoms with Crippen molar-refractivity contribution in [3.8, 4) is 5.75 Å². The van der Waals surface area contributed by atoms with Crippen LogP contribution in [0.15, 0.2) is 36.4 Å². The molecule has 2 heterocycles. The zero-order chi connectivity index (χ0) is 18.3. The topological polar surface area (TPSA) is 48.0 Å². The van der Waals surface area contributed by atoms with Crippen LogP contribution in [0.4, 0.5) is 5.69 Å². The van der Waals surface area contributed by atoms with Crippen molar-refractivity contribution in [3.05, 3.63) is 57.0 Å². The first-order valence-electron chi connectivity index (χ1n) is 7.99. The summed E-state index contributed by atoms with van der Waals surface area (Å²) in [5, 5.41) is 1.46. The minimum Gasteiger partial charge on any atom is -0.490 e. The van der Waals surface area contributed by atoms with E-state index in [0.717, 1.165) is 0 Å². The van der Waals surface area contributed by atoms with E-state index in [1.54, 1.807) is 41.3 Å². The molecule has 0 saturated carbocycles. The third-order valence-electron chi connectivity index (χ3n) is 4.29. The molecule has 1 spiro atoms. The molecular formula is C18H14Cl3NO4. The molecule has 4 rings (SSSR count). The van der Waals surface area contributed by atoms with E-state index in [1.807, 2.05) is 0 Å². The highest BCUT2D eigenvalue weighted by molar-refractivity contribution is 6.35. The molecule has 1 amide bonds. The van der Waals surface area contributed by atoms with E-state index in [2.05, 4.69) is 0 Å². The molecule has 0 aliphatic carbocycles. The molecule has 8 heteroatoms. The Kier molecular flexibility index (Phi) is 4.75. The maximum absolute atomic E-state index is 13.0. The lowest BCUT2D eigenvalue weighted by atomic mass is 10.1. The fraction of sp³-hybridized carbons (Fsp3) is 0.278. The number of rotatable bonds is 4. The van der Waals surface area contributed by atoms with Gasteiger partial charge in [-0.15, -0.1) is 0 Å². The first-order chi connectivity index (χ1) is 12.5. The van der Waals surface area contributed by atoms with Gasteiger partial charge < -0.3 is 19.1 Å². The lowest BCUT2D eigenvalue weighted by molar-refractivity contribution is -0.180. The number of anilines is 1. The van der Waals surface area contributed by atoms with Crippen LogP contribution < -0.4 is 9.64 Å². The third kappa shape index (κ3) is 2.94. The van der Waals surface area contributed by atoms with Gasteiger partial charge in [-0.25, -0.2) is 0 Å². The number of halogens is 3. The van der Waals surface area contributed by atoms with E-state index in [-0.39, 0.29) is 12.5 Å². The van der Waals surface area contributed by atoms with Gasteiger partial charge in [-0.1, -0.05) is 34.8 Å². The molecule has 26 heavy (non-hydrogen) atoms. The molecule has 2 aliphatic heterocycles. The van der Waals surface area contributed by atoms with Gasteiger partial charge in [0.25, 0.3) is 11.7 Å². The highest BCUT2D eigenvalue weighted by atomic mass is 35.5. The predicted octanol–water partition coefficient (Wildman–Crippen LogP) is 4.27. The molecule has 2 aliphatic rings. The minimum atomic E-state index is -1.40. The monoisotopic (exact) mass is 413 g/mol. The van der Waals surface area contributed by atoms with Crippen LogP contribution in [0.5, 0.6) is 5.75 Å². The summed E-state index contributed by atoms with van der Waals surface area (Å²) in [6.07, 6.45) is 0. The Labute approximate surface area is 165 Å². The SMILES string of the molecule is O=C1N(CCOc2ccc(Cl)cc2Cl)c2ccc(Cl)cc2C12OCCO2. The Morgan fingerprint density at radius 1 is 1.04 bits per heavy atom. The highest BCUT2D eigenvalue weighted by Gasteiger charge is 2.56. The lowest BCUT2D eigenvalue weighted by Crippen LogP contribution is -2.42. The first kappa shape index (κ1) is 17.9. The highest BCUT2D eigenvalue weighted by Crippen LogP contribution is 2.46. The molecule has 0 bridgehead atoms. The van der Waals surface area contributed by atoms with Crippen LogP contribution in [0.3, 0.4) is 0 Å². The number of nitrogens with zero attached hydrogens (tertiary/aromatic N) is 1. The van der Waals surface area contributed by atoms with Crippen LogP contribution >= 0.6 is 34.8 Å². The van der Waals surface area contributed by atoms with Crippen LogP contribution in [0, 0.1) is 0 Å². The molecule has 1 saturated heterocycles. The Morgan fingerprint density at radius 2 is 1.73 bits per heavy atom. The van der Waals surface area contributed by atoms with Gasteiger partial charge in [0, 0.05) is 15.6 Å². The van der Waals surface area contributed by atoms with E-state index in [1.165, 1.54) is 0 Å². The average molecular weight is 415 g/mol. The second-order valence-corrected chi connectivity index (χ2v) is 7.14. The van der Waals surface area contributed by atoms with Crippen molar-refractivity contribution < 1.29 is 19.0 Å². The molecule has 0 atom stereocenters. The fourth-order valence-electron chi connectivity index (χ4n) is 3.16. The third-order valence-corrected chi connectivity index (χ3v) is 5.06. The van der Waals surface area contributed by atoms with Gasteiger partial charge in [-0.2, -0.15) is 0 Å². The summed E-state index contributed by atoms with van der Waals surface area (Å²) in [4.78, 5) is 14.6. The maximum Gasteiger partial charge on any atom is 0.292 e. The minimum absolute atomic E-state index is 0.241. The molecule has 0 N–H and O–H groups in total. The number of hydrogen-bond acceptors (Lipinski definition) is 4. The number of fused-ring (bicyclic) bond motifs is 2. The fourth-order valence-corrected chi connectivity index (χ4v) is 3.80. The lowest BCUT2D eigenvalue weighted by Gasteiger charge is -2.22. The van der Waals surface area contributed by atoms with Gasteiger partial charge in [-0.3, -0.25) is 4.79 Å². The number of ether oxygens (including phenoxy) is 3. The average Bonchev–Trinajstić information content (AvgIpc) is 3.18. The second kappa shape index (κ2) is 6.91. The van der Waals surface area contributed by atoms with Crippen molar-refractivity contribution >= 4 is 46.4 Å². The van der Waals surface area contributed by atoms with E-state index in [4.69, 9.17) is 49.0 Å². The van der Waals surface area contributed by atoms with Gasteiger partial charge in [-0.05, 0) is 36.4 Å². The maximum atomic E-state index is 13.0. The van der Waals surface area contributed by atoms with E-state index in [0.29, 0.717) is 51.8 Å². The van der Waals surface area contributed by atoms with Crippen molar-refractivity contribution in [2.45, 2.75) is 5.79 Å². The largest absolute Gasteiger partial charge is 0.490 e. The number of hydrogen-bond donors (Lipinski definition) is 0. The standard InChI is InChI=1S/C18H14Cl3NO4/c19-11-1-3-15-13(9-11)18(25-7-8-26-18)17(23)22(15)5-6-24-16-4-2-12(20)10-14(16)21/h1-4,9-10H,5-8H2. The van der Waals surface area contributed by atoms with E-state index < -0.39 is 5.79 Å². The molecule has 1 fully saturated rings. The van der Waals surface area contributed by atoms with E-state index in [9.17, 15) is 4.79 Å². The molecule has 2 aromatic rings. The van der Waals surface area contributed by atoms with Gasteiger partial charge >= 0.3 is 0 Å². The van der Waals surface area contributed by atoms with Crippen molar-refractivity contribution in [1.82, 2.24) is 0 Å². The number of carbonyl (C=O) groups excluding carboxylic acids is 1. The Morgan fingerprint density at radius 3 is 2.46 bits per heavy atom. The molecule has 136 valence electrons. The molecular weight excluding hydrogens is 401 g/mol. The van der Waals surface area contributed by atoms with Gasteiger partial charge in [0.15, 0.2) is 0 Å². The summed E-state index contributed by atoms with van der Waals surface area (Å²) in [5.74, 6) is -1.18. The number of benzene rings is 2. The predicted molar refractivity (Wildman–Crippen MR) is 99.3 cm³/mol. The van der Waals surface area contributed by atoms with Crippen molar-refractivity contribution in [2.75, 3.05) is 31.3 Å². The summed E-state index contributed by atoms with van der Waals surface area (Å²) in [6, 6.07) is 10.2. The molecule has 0 radical (unpaired) electrons. The van der Waals surface area contributed by atoms with Crippen LogP contribution in [-0.4, -0.2) is 32.3 Å². The smallest absolute Gasteiger partial charge is 0.292 e. The van der Waals surface area contributed by atoms with Crippen molar-refractivity contribution in [2.24, 2.45) is 0 Å². The van der Waals surface area contributed by atoms with Crippen LogP contribution in [0.1, 0.15) is 5.56 Å². The molecule has 2 aromatic carbocycles. The summed E-state index contributed by atoms with van der Waals surface area (Å²) in [5.41, 5.74) is 1.32. The number of carbonyl (C=O) groups is 1. The first-order valence-corrected chi connectivity index (χ1v) is 9.12. The molecule has 0 unspecified atom stereocenters. The normalized spacial score (nSPS) is 17.8. The van der Waals surface area contributed by atoms with Crippen LogP contribution in [-0.2, 0) is 20.1 Å². The molecule has 0 aromatic heterocycles. The Hall–Kier alpha value is -1.50. The summed E-state index contributed by atoms with van der Waals surface area (Å²) in [6.45, 7) is 1.25. The van der Waals surface area contributed by atoms with E-state index >= 15 is 0 Å². The summed E-state index contributed by atoms with van der Waals surface area (Å²) < 4.78 is 17.0. The van der Waals surface area contributed by atoms with Gasteiger partial charge in [0.05, 0.1) is 30.5 Å². The quantitative estimate of drug-likeness (QED) is 0.749. The van der Waals surface area contributed by atoms with Gasteiger partial charge in [0.1, 0.15) is 12.4 Å². The summed E-state index contributed by atoms with van der Waals surface area (Å²) in [7, 11) is 0. The zero-order valence-electron chi connectivity index (χ0n) is 13.5. The Bertz CT molecular complexity index is 868. The van der Waals surface area contributed by atoms with Crippen molar-refractivity contribution in [3.63, 3.8) is 0 Å². The Balaban J connectivity index is 1.54. The van der Waals surface area contributed by atoms with Crippen molar-refractivity contribution in [1.29, 1.82) is 0 Å². The second-order valence-electron chi connectivity index (χ2n) is 5.85. The summed E-state index contributed by atoms with van der Waals surface area (Å²) >= 11 is 18.1. The number of amides is 1. The van der Waals surface area contributed by atoms with Gasteiger partial charge in [0.2, 0.25) is 0 Å². The zero-order valence-corrected chi connectivity index (χ0v) is 15.8. The van der Waals surface area contributed by atoms with Crippen LogP contribution in [0.25, 0.3) is 0 Å². The van der Waals surface area contributed by atoms with Crippen LogP contribution in [0.2, 0.25) is 15.1 Å². The molecule has 5 nitrogen and oxygen atoms in total.